The molecule has 0 aromatic heterocycles. The van der Waals surface area contributed by atoms with Crippen LogP contribution >= 0.6 is 0 Å². The Morgan fingerprint density at radius 3 is 1.74 bits per heavy atom. The Kier molecular flexibility index (Phi) is 15.2. The molecule has 0 spiro atoms. The highest BCUT2D eigenvalue weighted by atomic mass is 16.6. The molecule has 10 heteroatoms. The molecule has 10 nitrogen and oxygen atoms in total. The fourth-order valence-corrected chi connectivity index (χ4v) is 6.93. The first kappa shape index (κ1) is 43.3. The summed E-state index contributed by atoms with van der Waals surface area (Å²) in [6.07, 6.45) is 0. The molecule has 298 valence electrons. The third kappa shape index (κ3) is 9.70. The Hall–Kier alpha value is -6.42. The van der Waals surface area contributed by atoms with Crippen molar-refractivity contribution in [1.82, 2.24) is 4.58 Å². The number of phenols is 1. The summed E-state index contributed by atoms with van der Waals surface area (Å²) >= 11 is 0. The van der Waals surface area contributed by atoms with Crippen LogP contribution in [0.25, 0.3) is 33.4 Å². The molecular formula is C47H54N3O7+. The number of nitrogens with zero attached hydrogens (tertiary/aromatic N) is 3. The number of esters is 2. The number of anilines is 2. The highest BCUT2D eigenvalue weighted by Gasteiger charge is 2.28. The molecule has 0 atom stereocenters. The molecule has 2 heterocycles. The highest BCUT2D eigenvalue weighted by molar-refractivity contribution is 6.14. The van der Waals surface area contributed by atoms with Crippen LogP contribution in [0, 0.1) is 0 Å². The van der Waals surface area contributed by atoms with Crippen molar-refractivity contribution in [2.75, 3.05) is 49.1 Å². The minimum absolute atomic E-state index is 0. The molecule has 2 aliphatic heterocycles. The van der Waals surface area contributed by atoms with Gasteiger partial charge in [-0.1, -0.05) is 43.8 Å². The summed E-state index contributed by atoms with van der Waals surface area (Å²) in [6, 6.07) is 33.5. The topological polar surface area (TPSA) is 124 Å². The molecule has 7 rings (SSSR count). The number of ether oxygens (including phenoxy) is 1. The van der Waals surface area contributed by atoms with E-state index in [4.69, 9.17) is 4.42 Å². The first-order chi connectivity index (χ1) is 27.1. The van der Waals surface area contributed by atoms with Crippen LogP contribution in [0.3, 0.4) is 0 Å². The smallest absolute Gasteiger partial charge is 0.346 e. The standard InChI is InChI=1S/C28H30N2O3.C10H15NO.C8H4O3.CH4/c1-5-29(6-2)19-13-15-23-25(17-19)33-26-18-20(30(7-3)8-4)14-16-24(26)27(23)21-11-9-10-12-22(21)28(31)32;1-3-11(4-2)9-6-5-7-10(12)8-9;9-7-5-3-1-2-4-6(5)8(10)11-7;/h9-18H,5-8H2,1-4H3;5-8,12H,3-4H2,1-2H3;1-4H;1H4/p+1. The Balaban J connectivity index is 0.000000243. The van der Waals surface area contributed by atoms with E-state index in [1.807, 2.05) is 24.3 Å². The summed E-state index contributed by atoms with van der Waals surface area (Å²) in [5.74, 6) is -0.957. The molecule has 0 amide bonds. The summed E-state index contributed by atoms with van der Waals surface area (Å²) < 4.78 is 13.1. The quantitative estimate of drug-likeness (QED) is 0.0607. The number of carbonyl (C=O) groups excluding carboxylic acids is 2. The Bertz CT molecular complexity index is 2330. The van der Waals surface area contributed by atoms with Crippen LogP contribution in [0.2, 0.25) is 0 Å². The monoisotopic (exact) mass is 772 g/mol. The van der Waals surface area contributed by atoms with Gasteiger partial charge in [0.25, 0.3) is 0 Å². The number of carboxylic acid groups (broad SMARTS) is 1. The average Bonchev–Trinajstić information content (AvgIpc) is 3.51. The lowest BCUT2D eigenvalue weighted by molar-refractivity contribution is 0.0443. The molecule has 4 aromatic rings. The lowest BCUT2D eigenvalue weighted by Crippen LogP contribution is -2.29. The van der Waals surface area contributed by atoms with Crippen LogP contribution < -0.4 is 19.7 Å². The summed E-state index contributed by atoms with van der Waals surface area (Å²) in [6.45, 7) is 18.3. The van der Waals surface area contributed by atoms with Gasteiger partial charge < -0.3 is 29.2 Å². The highest BCUT2D eigenvalue weighted by Crippen LogP contribution is 2.42. The van der Waals surface area contributed by atoms with Gasteiger partial charge in [-0.3, -0.25) is 0 Å². The Morgan fingerprint density at radius 1 is 0.632 bits per heavy atom. The largest absolute Gasteiger partial charge is 0.508 e. The summed E-state index contributed by atoms with van der Waals surface area (Å²) in [5, 5.41) is 21.1. The van der Waals surface area contributed by atoms with Gasteiger partial charge in [-0.15, -0.1) is 0 Å². The molecule has 1 aliphatic carbocycles. The number of aromatic carboxylic acids is 1. The number of carbonyl (C=O) groups is 3. The molecule has 0 fully saturated rings. The fraction of sp³-hybridized carbons (Fsp3) is 0.277. The maximum atomic E-state index is 12.1. The molecule has 0 bridgehead atoms. The van der Waals surface area contributed by atoms with Crippen molar-refractivity contribution in [2.45, 2.75) is 49.0 Å². The SMILES string of the molecule is C.CCN(CC)c1ccc2c(-c3ccccc3C(=O)O)c3ccc(=[N+](CC)CC)cc-3oc2c1.CCN(CC)c1cccc(O)c1.O=C1OC(=O)c2ccccc21. The lowest BCUT2D eigenvalue weighted by atomic mass is 9.90. The molecule has 0 unspecified atom stereocenters. The zero-order chi connectivity index (χ0) is 40.4. The van der Waals surface area contributed by atoms with Crippen LogP contribution in [-0.2, 0) is 4.74 Å². The van der Waals surface area contributed by atoms with E-state index in [1.165, 1.54) is 0 Å². The minimum atomic E-state index is -0.938. The first-order valence-electron chi connectivity index (χ1n) is 19.1. The van der Waals surface area contributed by atoms with Crippen molar-refractivity contribution >= 4 is 40.3 Å². The predicted molar refractivity (Wildman–Crippen MR) is 230 cm³/mol. The van der Waals surface area contributed by atoms with E-state index in [9.17, 15) is 24.6 Å². The first-order valence-corrected chi connectivity index (χ1v) is 19.1. The van der Waals surface area contributed by atoms with E-state index >= 15 is 0 Å². The zero-order valence-corrected chi connectivity index (χ0v) is 32.9. The van der Waals surface area contributed by atoms with Crippen LogP contribution in [0.15, 0.2) is 114 Å². The summed E-state index contributed by atoms with van der Waals surface area (Å²) in [5.41, 5.74) is 6.42. The van der Waals surface area contributed by atoms with Gasteiger partial charge in [0.2, 0.25) is 5.36 Å². The van der Waals surface area contributed by atoms with Crippen LogP contribution in [0.5, 0.6) is 5.75 Å². The molecule has 2 N–H and O–H groups in total. The van der Waals surface area contributed by atoms with E-state index in [0.29, 0.717) is 22.4 Å². The number of hydrogen-bond donors (Lipinski definition) is 2. The van der Waals surface area contributed by atoms with Gasteiger partial charge in [-0.2, -0.15) is 0 Å². The third-order valence-electron chi connectivity index (χ3n) is 9.88. The van der Waals surface area contributed by atoms with E-state index < -0.39 is 17.9 Å². The number of rotatable bonds is 10. The third-order valence-corrected chi connectivity index (χ3v) is 9.88. The van der Waals surface area contributed by atoms with Gasteiger partial charge in [0, 0.05) is 72.3 Å². The molecule has 0 saturated heterocycles. The number of aromatic hydroxyl groups is 1. The zero-order valence-electron chi connectivity index (χ0n) is 32.9. The van der Waals surface area contributed by atoms with E-state index in [1.54, 1.807) is 48.5 Å². The average molecular weight is 773 g/mol. The Labute approximate surface area is 335 Å². The van der Waals surface area contributed by atoms with Crippen LogP contribution in [0.4, 0.5) is 11.4 Å². The number of hydrogen-bond acceptors (Lipinski definition) is 8. The van der Waals surface area contributed by atoms with Gasteiger partial charge in [0.05, 0.1) is 22.8 Å². The molecular weight excluding hydrogens is 719 g/mol. The van der Waals surface area contributed by atoms with Crippen molar-refractivity contribution in [1.29, 1.82) is 0 Å². The second-order valence-electron chi connectivity index (χ2n) is 12.9. The molecule has 4 aromatic carbocycles. The van der Waals surface area contributed by atoms with E-state index in [0.717, 1.165) is 83.9 Å². The molecule has 57 heavy (non-hydrogen) atoms. The predicted octanol–water partition coefficient (Wildman–Crippen LogP) is 9.43. The second kappa shape index (κ2) is 20.0. The van der Waals surface area contributed by atoms with Crippen molar-refractivity contribution in [2.24, 2.45) is 0 Å². The Morgan fingerprint density at radius 2 is 1.19 bits per heavy atom. The van der Waals surface area contributed by atoms with Gasteiger partial charge in [0.1, 0.15) is 30.2 Å². The van der Waals surface area contributed by atoms with Crippen LogP contribution in [-0.4, -0.2) is 67.4 Å². The van der Waals surface area contributed by atoms with Gasteiger partial charge in [-0.25, -0.2) is 19.0 Å². The number of cyclic esters (lactones) is 2. The normalized spacial score (nSPS) is 11.3. The molecule has 0 radical (unpaired) electrons. The number of phenolic OH excluding ortho intramolecular Hbond substituents is 1. The fourth-order valence-electron chi connectivity index (χ4n) is 6.93. The van der Waals surface area contributed by atoms with Crippen molar-refractivity contribution in [3.05, 3.63) is 131 Å². The second-order valence-corrected chi connectivity index (χ2v) is 12.9. The minimum Gasteiger partial charge on any atom is -0.508 e. The van der Waals surface area contributed by atoms with Crippen molar-refractivity contribution in [3.8, 4) is 28.2 Å². The van der Waals surface area contributed by atoms with Gasteiger partial charge in [0.15, 0.2) is 0 Å². The summed E-state index contributed by atoms with van der Waals surface area (Å²) in [4.78, 5) is 38.2. The van der Waals surface area contributed by atoms with E-state index in [2.05, 4.69) is 97.1 Å². The molecule has 3 aliphatic rings. The van der Waals surface area contributed by atoms with Gasteiger partial charge in [-0.05, 0) is 95.6 Å². The maximum Gasteiger partial charge on any atom is 0.346 e. The maximum absolute atomic E-state index is 12.1. The van der Waals surface area contributed by atoms with E-state index in [-0.39, 0.29) is 13.0 Å². The number of benzene rings is 5. The summed E-state index contributed by atoms with van der Waals surface area (Å²) in [7, 11) is 0. The molecule has 0 saturated carbocycles. The number of fused-ring (bicyclic) bond motifs is 3. The van der Waals surface area contributed by atoms with Crippen molar-refractivity contribution < 1.29 is 33.8 Å². The van der Waals surface area contributed by atoms with Crippen molar-refractivity contribution in [3.63, 3.8) is 0 Å². The number of carboxylic acids is 1. The van der Waals surface area contributed by atoms with Crippen LogP contribution in [0.1, 0.15) is 80.0 Å². The lowest BCUT2D eigenvalue weighted by Gasteiger charge is -2.22. The van der Waals surface area contributed by atoms with Gasteiger partial charge >= 0.3 is 17.9 Å².